The van der Waals surface area contributed by atoms with Gasteiger partial charge in [0.2, 0.25) is 0 Å². The molecule has 100 valence electrons. The van der Waals surface area contributed by atoms with Gasteiger partial charge in [-0.2, -0.15) is 0 Å². The number of benzene rings is 2. The second kappa shape index (κ2) is 4.98. The van der Waals surface area contributed by atoms with E-state index in [1.54, 1.807) is 0 Å². The zero-order valence-corrected chi connectivity index (χ0v) is 11.9. The first-order valence-electron chi connectivity index (χ1n) is 6.95. The van der Waals surface area contributed by atoms with Crippen LogP contribution in [0.5, 0.6) is 5.75 Å². The van der Waals surface area contributed by atoms with Crippen LogP contribution >= 0.6 is 11.8 Å². The number of fused-ring (bicyclic) bond motifs is 1. The Kier molecular flexibility index (Phi) is 3.00. The average Bonchev–Trinajstić information content (AvgIpc) is 3.32. The maximum Gasteiger partial charge on any atom is 0.119 e. The van der Waals surface area contributed by atoms with E-state index in [0.29, 0.717) is 6.10 Å². The highest BCUT2D eigenvalue weighted by molar-refractivity contribution is 8.00. The second-order valence-electron chi connectivity index (χ2n) is 5.16. The molecule has 1 fully saturated rings. The molecule has 0 N–H and O–H groups in total. The fraction of sp³-hybridized carbons (Fsp3) is 0.235. The van der Waals surface area contributed by atoms with Gasteiger partial charge in [-0.25, -0.2) is 0 Å². The third-order valence-corrected chi connectivity index (χ3v) is 4.57. The molecule has 2 aromatic carbocycles. The van der Waals surface area contributed by atoms with Crippen LogP contribution in [0, 0.1) is 0 Å². The van der Waals surface area contributed by atoms with E-state index in [4.69, 9.17) is 9.73 Å². The van der Waals surface area contributed by atoms with Gasteiger partial charge in [0.1, 0.15) is 5.75 Å². The van der Waals surface area contributed by atoms with Crippen molar-refractivity contribution in [1.29, 1.82) is 0 Å². The number of rotatable bonds is 3. The number of nitrogens with zero attached hydrogens (tertiary/aromatic N) is 1. The van der Waals surface area contributed by atoms with Crippen LogP contribution in [0.4, 0.5) is 5.69 Å². The molecule has 1 aliphatic carbocycles. The zero-order chi connectivity index (χ0) is 13.4. The van der Waals surface area contributed by atoms with Gasteiger partial charge < -0.3 is 4.74 Å². The first-order chi connectivity index (χ1) is 9.88. The number of aliphatic imine (C=N–C) groups is 1. The van der Waals surface area contributed by atoms with E-state index in [0.717, 1.165) is 22.9 Å². The Morgan fingerprint density at radius 1 is 1.00 bits per heavy atom. The van der Waals surface area contributed by atoms with Crippen LogP contribution in [0.1, 0.15) is 18.4 Å². The fourth-order valence-corrected chi connectivity index (χ4v) is 3.21. The molecule has 1 saturated carbocycles. The Hall–Kier alpha value is -1.74. The molecule has 0 bridgehead atoms. The van der Waals surface area contributed by atoms with Crippen LogP contribution in [0.3, 0.4) is 0 Å². The van der Waals surface area contributed by atoms with Gasteiger partial charge in [0.15, 0.2) is 0 Å². The lowest BCUT2D eigenvalue weighted by Crippen LogP contribution is -2.07. The van der Waals surface area contributed by atoms with Crippen LogP contribution in [0.2, 0.25) is 0 Å². The SMILES string of the molecule is c1ccc2c(c1)N=C(c1ccc(OC3CC3)cc1)CS2. The van der Waals surface area contributed by atoms with E-state index >= 15 is 0 Å². The van der Waals surface area contributed by atoms with Crippen molar-refractivity contribution in [2.45, 2.75) is 23.8 Å². The van der Waals surface area contributed by atoms with E-state index in [1.165, 1.54) is 23.3 Å². The van der Waals surface area contributed by atoms with Crippen molar-refractivity contribution in [3.05, 3.63) is 54.1 Å². The van der Waals surface area contributed by atoms with E-state index < -0.39 is 0 Å². The van der Waals surface area contributed by atoms with Crippen molar-refractivity contribution in [1.82, 2.24) is 0 Å². The molecule has 1 aliphatic heterocycles. The van der Waals surface area contributed by atoms with Crippen LogP contribution < -0.4 is 4.74 Å². The largest absolute Gasteiger partial charge is 0.490 e. The highest BCUT2D eigenvalue weighted by Gasteiger charge is 2.23. The topological polar surface area (TPSA) is 21.6 Å². The molecule has 0 aromatic heterocycles. The summed E-state index contributed by atoms with van der Waals surface area (Å²) in [5, 5.41) is 0. The molecule has 0 amide bonds. The molecule has 0 atom stereocenters. The van der Waals surface area contributed by atoms with E-state index in [1.807, 2.05) is 17.8 Å². The molecule has 0 spiro atoms. The minimum Gasteiger partial charge on any atom is -0.490 e. The molecule has 3 heteroatoms. The van der Waals surface area contributed by atoms with Crippen molar-refractivity contribution < 1.29 is 4.74 Å². The molecule has 4 rings (SSSR count). The molecular weight excluding hydrogens is 266 g/mol. The summed E-state index contributed by atoms with van der Waals surface area (Å²) in [5.41, 5.74) is 3.42. The highest BCUT2D eigenvalue weighted by atomic mass is 32.2. The Bertz CT molecular complexity index is 659. The van der Waals surface area contributed by atoms with Crippen LogP contribution in [0.15, 0.2) is 58.4 Å². The van der Waals surface area contributed by atoms with Gasteiger partial charge in [-0.3, -0.25) is 4.99 Å². The molecule has 0 radical (unpaired) electrons. The van der Waals surface area contributed by atoms with Gasteiger partial charge in [-0.05, 0) is 54.8 Å². The maximum atomic E-state index is 5.78. The summed E-state index contributed by atoms with van der Waals surface area (Å²) in [6, 6.07) is 16.7. The lowest BCUT2D eigenvalue weighted by molar-refractivity contribution is 0.303. The van der Waals surface area contributed by atoms with Gasteiger partial charge in [0, 0.05) is 10.6 Å². The van der Waals surface area contributed by atoms with Gasteiger partial charge in [-0.15, -0.1) is 11.8 Å². The minimum atomic E-state index is 0.454. The smallest absolute Gasteiger partial charge is 0.119 e. The highest BCUT2D eigenvalue weighted by Crippen LogP contribution is 2.35. The molecule has 0 unspecified atom stereocenters. The Morgan fingerprint density at radius 3 is 2.60 bits per heavy atom. The zero-order valence-electron chi connectivity index (χ0n) is 11.1. The van der Waals surface area contributed by atoms with E-state index in [2.05, 4.69) is 42.5 Å². The standard InChI is InChI=1S/C17H15NOS/c1-2-4-17-15(3-1)18-16(11-20-17)12-5-7-13(8-6-12)19-14-9-10-14/h1-8,14H,9-11H2. The monoisotopic (exact) mass is 281 g/mol. The normalized spacial score (nSPS) is 17.3. The van der Waals surface area contributed by atoms with Gasteiger partial charge in [0.05, 0.1) is 17.5 Å². The average molecular weight is 281 g/mol. The lowest BCUT2D eigenvalue weighted by Gasteiger charge is -2.15. The second-order valence-corrected chi connectivity index (χ2v) is 6.17. The predicted octanol–water partition coefficient (Wildman–Crippen LogP) is 4.45. The summed E-state index contributed by atoms with van der Waals surface area (Å²) < 4.78 is 5.78. The predicted molar refractivity (Wildman–Crippen MR) is 83.5 cm³/mol. The lowest BCUT2D eigenvalue weighted by atomic mass is 10.1. The third kappa shape index (κ3) is 2.46. The van der Waals surface area contributed by atoms with E-state index in [-0.39, 0.29) is 0 Å². The summed E-state index contributed by atoms with van der Waals surface area (Å²) in [7, 11) is 0. The fourth-order valence-electron chi connectivity index (χ4n) is 2.25. The summed E-state index contributed by atoms with van der Waals surface area (Å²) in [5.74, 6) is 1.90. The third-order valence-electron chi connectivity index (χ3n) is 3.50. The molecule has 2 aromatic rings. The van der Waals surface area contributed by atoms with Crippen LogP contribution in [0.25, 0.3) is 0 Å². The molecular formula is C17H15NOS. The number of thioether (sulfide) groups is 1. The number of para-hydroxylation sites is 1. The van der Waals surface area contributed by atoms with Crippen molar-refractivity contribution in [2.75, 3.05) is 5.75 Å². The van der Waals surface area contributed by atoms with Gasteiger partial charge in [0.25, 0.3) is 0 Å². The maximum absolute atomic E-state index is 5.78. The summed E-state index contributed by atoms with van der Waals surface area (Å²) >= 11 is 1.85. The summed E-state index contributed by atoms with van der Waals surface area (Å²) in [6.45, 7) is 0. The number of hydrogen-bond donors (Lipinski definition) is 0. The van der Waals surface area contributed by atoms with E-state index in [9.17, 15) is 0 Å². The summed E-state index contributed by atoms with van der Waals surface area (Å²) in [6.07, 6.45) is 2.85. The van der Waals surface area contributed by atoms with Gasteiger partial charge >= 0.3 is 0 Å². The first-order valence-corrected chi connectivity index (χ1v) is 7.93. The Morgan fingerprint density at radius 2 is 1.80 bits per heavy atom. The van der Waals surface area contributed by atoms with Crippen molar-refractivity contribution >= 4 is 23.2 Å². The van der Waals surface area contributed by atoms with Gasteiger partial charge in [-0.1, -0.05) is 12.1 Å². The number of hydrogen-bond acceptors (Lipinski definition) is 3. The minimum absolute atomic E-state index is 0.454. The Labute approximate surface area is 122 Å². The quantitative estimate of drug-likeness (QED) is 0.828. The van der Waals surface area contributed by atoms with Crippen molar-refractivity contribution in [2.24, 2.45) is 4.99 Å². The summed E-state index contributed by atoms with van der Waals surface area (Å²) in [4.78, 5) is 6.04. The molecule has 0 saturated heterocycles. The first kappa shape index (κ1) is 12.0. The van der Waals surface area contributed by atoms with Crippen LogP contribution in [-0.2, 0) is 0 Å². The number of ether oxygens (including phenoxy) is 1. The van der Waals surface area contributed by atoms with Crippen molar-refractivity contribution in [3.63, 3.8) is 0 Å². The molecule has 2 aliphatic rings. The van der Waals surface area contributed by atoms with Crippen molar-refractivity contribution in [3.8, 4) is 5.75 Å². The van der Waals surface area contributed by atoms with Crippen LogP contribution in [-0.4, -0.2) is 17.6 Å². The Balaban J connectivity index is 1.59. The molecule has 20 heavy (non-hydrogen) atoms. The molecule has 1 heterocycles. The molecule has 2 nitrogen and oxygen atoms in total.